The van der Waals surface area contributed by atoms with E-state index in [-0.39, 0.29) is 10.5 Å². The van der Waals surface area contributed by atoms with Gasteiger partial charge in [0.2, 0.25) is 10.0 Å². The van der Waals surface area contributed by atoms with Crippen molar-refractivity contribution in [3.05, 3.63) is 29.8 Å². The number of rotatable bonds is 4. The van der Waals surface area contributed by atoms with Gasteiger partial charge >= 0.3 is 6.03 Å². The van der Waals surface area contributed by atoms with E-state index in [1.54, 1.807) is 0 Å². The topological polar surface area (TPSA) is 116 Å². The first-order valence-electron chi connectivity index (χ1n) is 9.91. The summed E-state index contributed by atoms with van der Waals surface area (Å²) in [6.07, 6.45) is 5.52. The van der Waals surface area contributed by atoms with Crippen LogP contribution in [0, 0.1) is 0 Å². The van der Waals surface area contributed by atoms with Crippen molar-refractivity contribution in [3.63, 3.8) is 0 Å². The summed E-state index contributed by atoms with van der Waals surface area (Å²) in [6, 6.07) is 4.87. The zero-order valence-corrected chi connectivity index (χ0v) is 16.8. The lowest BCUT2D eigenvalue weighted by molar-refractivity contribution is -0.134. The second-order valence-corrected chi connectivity index (χ2v) is 9.73. The number of sulfonamides is 1. The van der Waals surface area contributed by atoms with Crippen LogP contribution in [-0.4, -0.2) is 54.2 Å². The standard InChI is InChI=1S/C19H24N4O5S/c24-16(21-23-17(25)19(20-18(23)26)10-2-1-3-11-19)14-6-8-15(9-7-14)29(27,28)22-12-4-5-13-22/h6-9H,1-5,10-13H2,(H,20,26)(H,21,24). The first-order valence-corrected chi connectivity index (χ1v) is 11.4. The number of benzene rings is 1. The molecule has 2 aliphatic heterocycles. The second kappa shape index (κ2) is 7.42. The van der Waals surface area contributed by atoms with Gasteiger partial charge in [0.25, 0.3) is 11.8 Å². The number of urea groups is 1. The molecule has 1 aromatic rings. The molecule has 1 saturated carbocycles. The third-order valence-electron chi connectivity index (χ3n) is 5.90. The highest BCUT2D eigenvalue weighted by Crippen LogP contribution is 2.33. The van der Waals surface area contributed by atoms with E-state index in [0.29, 0.717) is 25.9 Å². The molecule has 1 aliphatic carbocycles. The maximum absolute atomic E-state index is 12.7. The predicted molar refractivity (Wildman–Crippen MR) is 103 cm³/mol. The minimum atomic E-state index is -3.57. The summed E-state index contributed by atoms with van der Waals surface area (Å²) in [5, 5.41) is 3.46. The maximum Gasteiger partial charge on any atom is 0.344 e. The van der Waals surface area contributed by atoms with E-state index < -0.39 is 33.4 Å². The molecular formula is C19H24N4O5S. The Morgan fingerprint density at radius 3 is 2.21 bits per heavy atom. The van der Waals surface area contributed by atoms with Gasteiger partial charge in [-0.25, -0.2) is 13.2 Å². The first-order chi connectivity index (χ1) is 13.8. The Labute approximate surface area is 169 Å². The van der Waals surface area contributed by atoms with Crippen molar-refractivity contribution >= 4 is 27.9 Å². The summed E-state index contributed by atoms with van der Waals surface area (Å²) in [5.74, 6) is -1.09. The number of hydrogen-bond donors (Lipinski definition) is 2. The lowest BCUT2D eigenvalue weighted by atomic mass is 9.82. The Hall–Kier alpha value is -2.46. The highest BCUT2D eigenvalue weighted by molar-refractivity contribution is 7.89. The average molecular weight is 420 g/mol. The molecule has 2 saturated heterocycles. The smallest absolute Gasteiger partial charge is 0.322 e. The fourth-order valence-corrected chi connectivity index (χ4v) is 5.76. The van der Waals surface area contributed by atoms with Crippen molar-refractivity contribution in [2.45, 2.75) is 55.4 Å². The molecule has 1 aromatic carbocycles. The van der Waals surface area contributed by atoms with Crippen LogP contribution in [-0.2, 0) is 14.8 Å². The molecule has 0 radical (unpaired) electrons. The number of hydrogen-bond acceptors (Lipinski definition) is 5. The van der Waals surface area contributed by atoms with Gasteiger partial charge in [0.05, 0.1) is 4.90 Å². The van der Waals surface area contributed by atoms with Crippen LogP contribution in [0.1, 0.15) is 55.3 Å². The molecule has 10 heteroatoms. The van der Waals surface area contributed by atoms with Crippen LogP contribution >= 0.6 is 0 Å². The fourth-order valence-electron chi connectivity index (χ4n) is 4.24. The summed E-state index contributed by atoms with van der Waals surface area (Å²) < 4.78 is 26.6. The van der Waals surface area contributed by atoms with Crippen LogP contribution < -0.4 is 10.7 Å². The number of carbonyl (C=O) groups is 3. The van der Waals surface area contributed by atoms with E-state index in [1.165, 1.54) is 28.6 Å². The highest BCUT2D eigenvalue weighted by atomic mass is 32.2. The first kappa shape index (κ1) is 19.8. The molecule has 2 N–H and O–H groups in total. The summed E-state index contributed by atoms with van der Waals surface area (Å²) in [4.78, 5) is 37.6. The highest BCUT2D eigenvalue weighted by Gasteiger charge is 2.52. The molecular weight excluding hydrogens is 396 g/mol. The van der Waals surface area contributed by atoms with Gasteiger partial charge in [0.1, 0.15) is 5.54 Å². The van der Waals surface area contributed by atoms with Crippen molar-refractivity contribution in [2.24, 2.45) is 0 Å². The van der Waals surface area contributed by atoms with E-state index >= 15 is 0 Å². The maximum atomic E-state index is 12.7. The number of nitrogens with one attached hydrogen (secondary N) is 2. The van der Waals surface area contributed by atoms with Gasteiger partial charge in [-0.2, -0.15) is 9.31 Å². The summed E-state index contributed by atoms with van der Waals surface area (Å²) >= 11 is 0. The third kappa shape index (κ3) is 3.51. The fraction of sp³-hybridized carbons (Fsp3) is 0.526. The minimum Gasteiger partial charge on any atom is -0.322 e. The Bertz CT molecular complexity index is 932. The van der Waals surface area contributed by atoms with Crippen LogP contribution in [0.2, 0.25) is 0 Å². The number of carbonyl (C=O) groups excluding carboxylic acids is 3. The molecule has 4 amide bonds. The van der Waals surface area contributed by atoms with Crippen molar-refractivity contribution < 1.29 is 22.8 Å². The molecule has 3 aliphatic rings. The average Bonchev–Trinajstić information content (AvgIpc) is 3.34. The lowest BCUT2D eigenvalue weighted by Crippen LogP contribution is -2.50. The molecule has 0 unspecified atom stereocenters. The van der Waals surface area contributed by atoms with E-state index in [9.17, 15) is 22.8 Å². The van der Waals surface area contributed by atoms with Crippen molar-refractivity contribution in [1.82, 2.24) is 20.1 Å². The molecule has 1 spiro atoms. The Kier molecular flexibility index (Phi) is 5.07. The molecule has 0 aromatic heterocycles. The summed E-state index contributed by atoms with van der Waals surface area (Å²) in [5.41, 5.74) is 1.59. The van der Waals surface area contributed by atoms with Crippen molar-refractivity contribution in [1.29, 1.82) is 0 Å². The van der Waals surface area contributed by atoms with Gasteiger partial charge in [-0.3, -0.25) is 15.0 Å². The molecule has 9 nitrogen and oxygen atoms in total. The van der Waals surface area contributed by atoms with Gasteiger partial charge in [-0.05, 0) is 49.9 Å². The molecule has 29 heavy (non-hydrogen) atoms. The van der Waals surface area contributed by atoms with Crippen LogP contribution in [0.4, 0.5) is 4.79 Å². The van der Waals surface area contributed by atoms with Crippen molar-refractivity contribution in [3.8, 4) is 0 Å². The van der Waals surface area contributed by atoms with Crippen molar-refractivity contribution in [2.75, 3.05) is 13.1 Å². The lowest BCUT2D eigenvalue weighted by Gasteiger charge is -2.30. The van der Waals surface area contributed by atoms with Crippen LogP contribution in [0.25, 0.3) is 0 Å². The summed E-state index contributed by atoms with van der Waals surface area (Å²) in [6.45, 7) is 0.997. The van der Waals surface area contributed by atoms with Gasteiger partial charge < -0.3 is 5.32 Å². The number of nitrogens with zero attached hydrogens (tertiary/aromatic N) is 2. The second-order valence-electron chi connectivity index (χ2n) is 7.79. The zero-order valence-electron chi connectivity index (χ0n) is 16.0. The largest absolute Gasteiger partial charge is 0.344 e. The quantitative estimate of drug-likeness (QED) is 0.714. The van der Waals surface area contributed by atoms with E-state index in [0.717, 1.165) is 37.1 Å². The van der Waals surface area contributed by atoms with E-state index in [1.807, 2.05) is 0 Å². The minimum absolute atomic E-state index is 0.118. The van der Waals surface area contributed by atoms with E-state index in [2.05, 4.69) is 10.7 Å². The van der Waals surface area contributed by atoms with Gasteiger partial charge in [0.15, 0.2) is 0 Å². The zero-order chi connectivity index (χ0) is 20.6. The Morgan fingerprint density at radius 1 is 0.966 bits per heavy atom. The molecule has 2 heterocycles. The molecule has 3 fully saturated rings. The predicted octanol–water partition coefficient (Wildman–Crippen LogP) is 1.37. The van der Waals surface area contributed by atoms with Crippen LogP contribution in [0.5, 0.6) is 0 Å². The Balaban J connectivity index is 1.46. The number of amides is 4. The monoisotopic (exact) mass is 420 g/mol. The summed E-state index contributed by atoms with van der Waals surface area (Å²) in [7, 11) is -3.57. The Morgan fingerprint density at radius 2 is 1.59 bits per heavy atom. The SMILES string of the molecule is O=C(NN1C(=O)NC2(CCCCC2)C1=O)c1ccc(S(=O)(=O)N2CCCC2)cc1. The van der Waals surface area contributed by atoms with Gasteiger partial charge in [-0.1, -0.05) is 19.3 Å². The number of hydrazine groups is 1. The van der Waals surface area contributed by atoms with Crippen LogP contribution in [0.15, 0.2) is 29.2 Å². The molecule has 0 bridgehead atoms. The number of imide groups is 1. The third-order valence-corrected chi connectivity index (χ3v) is 7.81. The van der Waals surface area contributed by atoms with E-state index in [4.69, 9.17) is 0 Å². The molecule has 156 valence electrons. The molecule has 4 rings (SSSR count). The van der Waals surface area contributed by atoms with Gasteiger partial charge in [-0.15, -0.1) is 0 Å². The molecule has 0 atom stereocenters. The normalized spacial score (nSPS) is 22.1. The van der Waals surface area contributed by atoms with Crippen LogP contribution in [0.3, 0.4) is 0 Å². The van der Waals surface area contributed by atoms with Gasteiger partial charge in [0, 0.05) is 18.7 Å².